The van der Waals surface area contributed by atoms with Crippen LogP contribution < -0.4 is 11.3 Å². The van der Waals surface area contributed by atoms with E-state index >= 15 is 0 Å². The highest BCUT2D eigenvalue weighted by atomic mass is 16.2. The number of hydrogen-bond donors (Lipinski definition) is 2. The smallest absolute Gasteiger partial charge is 0.254 e. The Bertz CT molecular complexity index is 451. The van der Waals surface area contributed by atoms with Gasteiger partial charge >= 0.3 is 0 Å². The van der Waals surface area contributed by atoms with Gasteiger partial charge in [0.15, 0.2) is 0 Å². The van der Waals surface area contributed by atoms with E-state index in [4.69, 9.17) is 5.73 Å². The van der Waals surface area contributed by atoms with E-state index in [9.17, 15) is 9.59 Å². The van der Waals surface area contributed by atoms with Gasteiger partial charge in [0.2, 0.25) is 5.56 Å². The predicted octanol–water partition coefficient (Wildman–Crippen LogP) is 0.328. The molecule has 1 aromatic rings. The number of nitrogens with zero attached hydrogens (tertiary/aromatic N) is 1. The molecule has 1 aliphatic carbocycles. The van der Waals surface area contributed by atoms with Crippen molar-refractivity contribution in [3.8, 4) is 0 Å². The topological polar surface area (TPSA) is 79.2 Å². The zero-order valence-electron chi connectivity index (χ0n) is 9.69. The van der Waals surface area contributed by atoms with Crippen molar-refractivity contribution in [2.24, 2.45) is 5.73 Å². The second-order valence-electron chi connectivity index (χ2n) is 4.31. The summed E-state index contributed by atoms with van der Waals surface area (Å²) in [6.45, 7) is 1.00. The van der Waals surface area contributed by atoms with Crippen molar-refractivity contribution in [3.05, 3.63) is 34.2 Å². The number of nitrogens with two attached hydrogens (primary N) is 1. The minimum atomic E-state index is -0.253. The van der Waals surface area contributed by atoms with E-state index in [1.165, 1.54) is 12.3 Å². The second kappa shape index (κ2) is 5.14. The highest BCUT2D eigenvalue weighted by molar-refractivity contribution is 5.94. The van der Waals surface area contributed by atoms with Gasteiger partial charge in [0.25, 0.3) is 5.91 Å². The van der Waals surface area contributed by atoms with Crippen LogP contribution in [0.1, 0.15) is 29.6 Å². The maximum Gasteiger partial charge on any atom is 0.254 e. The third-order valence-electron chi connectivity index (χ3n) is 3.17. The molecule has 1 amide bonds. The number of H-pyrrole nitrogens is 1. The highest BCUT2D eigenvalue weighted by Gasteiger charge is 2.28. The molecule has 5 nitrogen and oxygen atoms in total. The van der Waals surface area contributed by atoms with E-state index in [2.05, 4.69) is 4.98 Å². The van der Waals surface area contributed by atoms with Crippen LogP contribution in [0.2, 0.25) is 0 Å². The Kier molecular flexibility index (Phi) is 3.58. The van der Waals surface area contributed by atoms with Gasteiger partial charge in [-0.1, -0.05) is 0 Å². The van der Waals surface area contributed by atoms with Crippen LogP contribution in [-0.4, -0.2) is 34.9 Å². The first-order valence-corrected chi connectivity index (χ1v) is 5.92. The molecule has 2 rings (SSSR count). The lowest BCUT2D eigenvalue weighted by atomic mass is 9.91. The van der Waals surface area contributed by atoms with Gasteiger partial charge in [-0.15, -0.1) is 0 Å². The largest absolute Gasteiger partial charge is 0.334 e. The predicted molar refractivity (Wildman–Crippen MR) is 64.8 cm³/mol. The molecule has 0 spiro atoms. The third-order valence-corrected chi connectivity index (χ3v) is 3.17. The fourth-order valence-corrected chi connectivity index (χ4v) is 2.03. The Morgan fingerprint density at radius 2 is 2.29 bits per heavy atom. The average molecular weight is 235 g/mol. The van der Waals surface area contributed by atoms with Crippen LogP contribution in [0.25, 0.3) is 0 Å². The molecule has 0 radical (unpaired) electrons. The van der Waals surface area contributed by atoms with Crippen molar-refractivity contribution in [2.75, 3.05) is 13.1 Å². The molecular formula is C12H17N3O2. The van der Waals surface area contributed by atoms with E-state index < -0.39 is 0 Å². The van der Waals surface area contributed by atoms with Crippen LogP contribution in [0.4, 0.5) is 0 Å². The summed E-state index contributed by atoms with van der Waals surface area (Å²) in [6.07, 6.45) is 4.73. The summed E-state index contributed by atoms with van der Waals surface area (Å²) in [5.74, 6) is -0.0914. The van der Waals surface area contributed by atoms with Gasteiger partial charge in [-0.2, -0.15) is 0 Å². The van der Waals surface area contributed by atoms with Crippen LogP contribution in [0, 0.1) is 0 Å². The number of pyridine rings is 1. The van der Waals surface area contributed by atoms with Gasteiger partial charge in [0.05, 0.1) is 0 Å². The molecule has 0 aromatic carbocycles. The molecule has 1 aromatic heterocycles. The van der Waals surface area contributed by atoms with Crippen molar-refractivity contribution in [2.45, 2.75) is 25.3 Å². The Labute approximate surface area is 99.6 Å². The molecule has 1 saturated carbocycles. The summed E-state index contributed by atoms with van der Waals surface area (Å²) in [6, 6.07) is 3.27. The van der Waals surface area contributed by atoms with E-state index in [0.717, 1.165) is 19.3 Å². The minimum absolute atomic E-state index is 0.0914. The Balaban J connectivity index is 2.18. The van der Waals surface area contributed by atoms with Gasteiger partial charge in [0, 0.05) is 37.0 Å². The van der Waals surface area contributed by atoms with Gasteiger partial charge in [-0.3, -0.25) is 9.59 Å². The summed E-state index contributed by atoms with van der Waals surface area (Å²) in [5.41, 5.74) is 5.72. The highest BCUT2D eigenvalue weighted by Crippen LogP contribution is 2.25. The van der Waals surface area contributed by atoms with Gasteiger partial charge in [-0.05, 0) is 25.3 Å². The van der Waals surface area contributed by atoms with Crippen molar-refractivity contribution >= 4 is 5.91 Å². The maximum absolute atomic E-state index is 12.2. The quantitative estimate of drug-likeness (QED) is 0.789. The number of aromatic nitrogens is 1. The summed E-state index contributed by atoms with van der Waals surface area (Å²) in [5, 5.41) is 0. The number of rotatable bonds is 4. The van der Waals surface area contributed by atoms with Crippen molar-refractivity contribution in [1.82, 2.24) is 9.88 Å². The summed E-state index contributed by atoms with van der Waals surface area (Å²) < 4.78 is 0. The zero-order valence-corrected chi connectivity index (χ0v) is 9.69. The van der Waals surface area contributed by atoms with Crippen LogP contribution in [0.3, 0.4) is 0 Å². The number of aromatic amines is 1. The van der Waals surface area contributed by atoms with E-state index in [1.54, 1.807) is 11.0 Å². The molecule has 0 atom stereocenters. The SMILES string of the molecule is NCCN(C(=O)c1cc[nH]c(=O)c1)C1CCC1. The number of carbonyl (C=O) groups is 1. The lowest BCUT2D eigenvalue weighted by Crippen LogP contribution is -2.46. The first-order valence-electron chi connectivity index (χ1n) is 5.92. The van der Waals surface area contributed by atoms with Crippen LogP contribution in [0.15, 0.2) is 23.1 Å². The third kappa shape index (κ3) is 2.55. The van der Waals surface area contributed by atoms with Gasteiger partial charge in [0.1, 0.15) is 0 Å². The fourth-order valence-electron chi connectivity index (χ4n) is 2.03. The molecule has 0 bridgehead atoms. The monoisotopic (exact) mass is 235 g/mol. The Morgan fingerprint density at radius 3 is 2.82 bits per heavy atom. The second-order valence-corrected chi connectivity index (χ2v) is 4.31. The molecule has 17 heavy (non-hydrogen) atoms. The Hall–Kier alpha value is -1.62. The lowest BCUT2D eigenvalue weighted by Gasteiger charge is -2.37. The molecule has 1 fully saturated rings. The summed E-state index contributed by atoms with van der Waals surface area (Å²) in [7, 11) is 0. The van der Waals surface area contributed by atoms with Gasteiger partial charge in [-0.25, -0.2) is 0 Å². The molecule has 92 valence electrons. The Morgan fingerprint density at radius 1 is 1.53 bits per heavy atom. The van der Waals surface area contributed by atoms with E-state index in [-0.39, 0.29) is 11.5 Å². The van der Waals surface area contributed by atoms with Crippen LogP contribution in [-0.2, 0) is 0 Å². The van der Waals surface area contributed by atoms with Gasteiger partial charge < -0.3 is 15.6 Å². The van der Waals surface area contributed by atoms with Crippen LogP contribution in [0.5, 0.6) is 0 Å². The summed E-state index contributed by atoms with van der Waals surface area (Å²) in [4.78, 5) is 27.7. The standard InChI is InChI=1S/C12H17N3O2/c13-5-7-15(10-2-1-3-10)12(17)9-4-6-14-11(16)8-9/h4,6,8,10H,1-3,5,7,13H2,(H,14,16). The first-order chi connectivity index (χ1) is 8.22. The molecule has 1 aliphatic rings. The number of amides is 1. The molecule has 0 saturated heterocycles. The number of hydrogen-bond acceptors (Lipinski definition) is 3. The lowest BCUT2D eigenvalue weighted by molar-refractivity contribution is 0.0588. The number of carbonyl (C=O) groups excluding carboxylic acids is 1. The molecule has 0 aliphatic heterocycles. The van der Waals surface area contributed by atoms with E-state index in [0.29, 0.717) is 24.7 Å². The minimum Gasteiger partial charge on any atom is -0.334 e. The van der Waals surface area contributed by atoms with Crippen molar-refractivity contribution in [3.63, 3.8) is 0 Å². The van der Waals surface area contributed by atoms with Crippen LogP contribution >= 0.6 is 0 Å². The van der Waals surface area contributed by atoms with Crippen molar-refractivity contribution in [1.29, 1.82) is 0 Å². The molecule has 3 N–H and O–H groups in total. The maximum atomic E-state index is 12.2. The molecule has 1 heterocycles. The zero-order chi connectivity index (χ0) is 12.3. The fraction of sp³-hybridized carbons (Fsp3) is 0.500. The molecular weight excluding hydrogens is 218 g/mol. The summed E-state index contributed by atoms with van der Waals surface area (Å²) >= 11 is 0. The molecule has 5 heteroatoms. The average Bonchev–Trinajstić information content (AvgIpc) is 2.25. The number of nitrogens with one attached hydrogen (secondary N) is 1. The first kappa shape index (κ1) is 11.9. The molecule has 0 unspecified atom stereocenters. The normalized spacial score (nSPS) is 15.4. The van der Waals surface area contributed by atoms with Crippen molar-refractivity contribution < 1.29 is 4.79 Å². The van der Waals surface area contributed by atoms with E-state index in [1.807, 2.05) is 0 Å².